The zero-order valence-corrected chi connectivity index (χ0v) is 7.52. The van der Waals surface area contributed by atoms with Gasteiger partial charge in [0.15, 0.2) is 6.29 Å². The lowest BCUT2D eigenvalue weighted by Crippen LogP contribution is -1.96. The van der Waals surface area contributed by atoms with Gasteiger partial charge in [0.1, 0.15) is 11.6 Å². The maximum Gasteiger partial charge on any atom is 0.153 e. The molecule has 15 heavy (non-hydrogen) atoms. The molecule has 1 heterocycles. The molecule has 76 valence electrons. The van der Waals surface area contributed by atoms with Crippen molar-refractivity contribution in [3.05, 3.63) is 47.8 Å². The fourth-order valence-corrected chi connectivity index (χ4v) is 1.21. The highest BCUT2D eigenvalue weighted by molar-refractivity contribution is 5.73. The number of nitrogens with zero attached hydrogens (tertiary/aromatic N) is 2. The monoisotopic (exact) mass is 208 g/mol. The highest BCUT2D eigenvalue weighted by Gasteiger charge is 2.04. The number of aromatic nitrogens is 2. The first-order valence-electron chi connectivity index (χ1n) is 4.15. The van der Waals surface area contributed by atoms with Crippen LogP contribution in [0.2, 0.25) is 0 Å². The van der Waals surface area contributed by atoms with Gasteiger partial charge in [0.05, 0.1) is 17.4 Å². The summed E-state index contributed by atoms with van der Waals surface area (Å²) in [4.78, 5) is 10.4. The van der Waals surface area contributed by atoms with Crippen LogP contribution in [0.25, 0.3) is 5.69 Å². The standard InChI is InChI=1S/C10H6F2N2O/c11-8-1-9(12)3-10(2-8)14-5-7(6-15)4-13-14/h1-6H. The fraction of sp³-hybridized carbons (Fsp3) is 0. The van der Waals surface area contributed by atoms with Crippen LogP contribution in [0.15, 0.2) is 30.6 Å². The largest absolute Gasteiger partial charge is 0.298 e. The molecule has 0 atom stereocenters. The van der Waals surface area contributed by atoms with Crippen molar-refractivity contribution in [1.82, 2.24) is 9.78 Å². The highest BCUT2D eigenvalue weighted by atomic mass is 19.1. The molecule has 0 aliphatic carbocycles. The average Bonchev–Trinajstić information content (AvgIpc) is 2.64. The molecule has 0 radical (unpaired) electrons. The van der Waals surface area contributed by atoms with Gasteiger partial charge in [0.2, 0.25) is 0 Å². The van der Waals surface area contributed by atoms with Gasteiger partial charge in [-0.05, 0) is 12.1 Å². The van der Waals surface area contributed by atoms with Crippen LogP contribution in [0.4, 0.5) is 8.78 Å². The Morgan fingerprint density at radius 2 is 1.87 bits per heavy atom. The lowest BCUT2D eigenvalue weighted by molar-refractivity contribution is 0.112. The van der Waals surface area contributed by atoms with E-state index in [1.54, 1.807) is 0 Å². The SMILES string of the molecule is O=Cc1cnn(-c2cc(F)cc(F)c2)c1. The third-order valence-corrected chi connectivity index (χ3v) is 1.85. The molecule has 0 bridgehead atoms. The summed E-state index contributed by atoms with van der Waals surface area (Å²) in [6, 6.07) is 3.03. The van der Waals surface area contributed by atoms with E-state index in [1.165, 1.54) is 17.1 Å². The summed E-state index contributed by atoms with van der Waals surface area (Å²) < 4.78 is 26.9. The molecule has 0 aliphatic heterocycles. The number of hydrogen-bond donors (Lipinski definition) is 0. The van der Waals surface area contributed by atoms with Crippen LogP contribution in [0.5, 0.6) is 0 Å². The van der Waals surface area contributed by atoms with E-state index < -0.39 is 11.6 Å². The van der Waals surface area contributed by atoms with E-state index in [4.69, 9.17) is 0 Å². The number of rotatable bonds is 2. The lowest BCUT2D eigenvalue weighted by Gasteiger charge is -2.00. The van der Waals surface area contributed by atoms with E-state index in [0.29, 0.717) is 11.8 Å². The maximum absolute atomic E-state index is 12.9. The van der Waals surface area contributed by atoms with Crippen molar-refractivity contribution in [2.24, 2.45) is 0 Å². The van der Waals surface area contributed by atoms with E-state index in [-0.39, 0.29) is 5.69 Å². The summed E-state index contributed by atoms with van der Waals surface area (Å²) in [5, 5.41) is 3.79. The van der Waals surface area contributed by atoms with Gasteiger partial charge in [-0.3, -0.25) is 4.79 Å². The number of carbonyl (C=O) groups excluding carboxylic acids is 1. The topological polar surface area (TPSA) is 34.9 Å². The van der Waals surface area contributed by atoms with Crippen LogP contribution in [-0.2, 0) is 0 Å². The van der Waals surface area contributed by atoms with Gasteiger partial charge in [-0.25, -0.2) is 13.5 Å². The van der Waals surface area contributed by atoms with Crippen LogP contribution < -0.4 is 0 Å². The second kappa shape index (κ2) is 3.61. The molecule has 1 aromatic carbocycles. The molecular weight excluding hydrogens is 202 g/mol. The van der Waals surface area contributed by atoms with Crippen molar-refractivity contribution in [3.63, 3.8) is 0 Å². The fourth-order valence-electron chi connectivity index (χ4n) is 1.21. The Balaban J connectivity index is 2.48. The molecule has 0 unspecified atom stereocenters. The van der Waals surface area contributed by atoms with Gasteiger partial charge in [0.25, 0.3) is 0 Å². The number of hydrogen-bond acceptors (Lipinski definition) is 2. The van der Waals surface area contributed by atoms with Crippen LogP contribution in [0, 0.1) is 11.6 Å². The summed E-state index contributed by atoms with van der Waals surface area (Å²) in [5.74, 6) is -1.37. The molecule has 1 aromatic heterocycles. The average molecular weight is 208 g/mol. The first-order valence-corrected chi connectivity index (χ1v) is 4.15. The van der Waals surface area contributed by atoms with Gasteiger partial charge in [-0.1, -0.05) is 0 Å². The molecule has 2 aromatic rings. The Bertz CT molecular complexity index is 488. The van der Waals surface area contributed by atoms with Crippen LogP contribution in [0.1, 0.15) is 10.4 Å². The number of carbonyl (C=O) groups is 1. The van der Waals surface area contributed by atoms with Crippen molar-refractivity contribution >= 4 is 6.29 Å². The molecule has 0 saturated heterocycles. The molecule has 3 nitrogen and oxygen atoms in total. The summed E-state index contributed by atoms with van der Waals surface area (Å²) in [5.41, 5.74) is 0.584. The highest BCUT2D eigenvalue weighted by Crippen LogP contribution is 2.12. The number of benzene rings is 1. The molecule has 2 rings (SSSR count). The van der Waals surface area contributed by atoms with E-state index in [2.05, 4.69) is 5.10 Å². The first-order chi connectivity index (χ1) is 7.19. The first kappa shape index (κ1) is 9.51. The maximum atomic E-state index is 12.9. The van der Waals surface area contributed by atoms with Gasteiger partial charge < -0.3 is 0 Å². The molecule has 0 N–H and O–H groups in total. The lowest BCUT2D eigenvalue weighted by atomic mass is 10.3. The summed E-state index contributed by atoms with van der Waals surface area (Å²) in [6.45, 7) is 0. The third-order valence-electron chi connectivity index (χ3n) is 1.85. The number of halogens is 2. The zero-order valence-electron chi connectivity index (χ0n) is 7.52. The number of aldehydes is 1. The van der Waals surface area contributed by atoms with Gasteiger partial charge in [-0.15, -0.1) is 0 Å². The van der Waals surface area contributed by atoms with Crippen LogP contribution in [0.3, 0.4) is 0 Å². The minimum atomic E-state index is -0.687. The van der Waals surface area contributed by atoms with Crippen molar-refractivity contribution < 1.29 is 13.6 Å². The summed E-state index contributed by atoms with van der Waals surface area (Å²) in [6.07, 6.45) is 3.32. The van der Waals surface area contributed by atoms with E-state index in [0.717, 1.165) is 18.2 Å². The third kappa shape index (κ3) is 1.90. The molecule has 0 saturated carbocycles. The Morgan fingerprint density at radius 3 is 2.40 bits per heavy atom. The normalized spacial score (nSPS) is 10.3. The van der Waals surface area contributed by atoms with Gasteiger partial charge in [-0.2, -0.15) is 5.10 Å². The van der Waals surface area contributed by atoms with E-state index in [9.17, 15) is 13.6 Å². The molecule has 0 amide bonds. The predicted molar refractivity (Wildman–Crippen MR) is 48.9 cm³/mol. The molecule has 0 spiro atoms. The predicted octanol–water partition coefficient (Wildman–Crippen LogP) is 1.96. The smallest absolute Gasteiger partial charge is 0.153 e. The summed E-state index contributed by atoms with van der Waals surface area (Å²) in [7, 11) is 0. The molecule has 0 fully saturated rings. The van der Waals surface area contributed by atoms with Crippen LogP contribution >= 0.6 is 0 Å². The van der Waals surface area contributed by atoms with Crippen LogP contribution in [-0.4, -0.2) is 16.1 Å². The van der Waals surface area contributed by atoms with E-state index >= 15 is 0 Å². The van der Waals surface area contributed by atoms with Crippen molar-refractivity contribution in [3.8, 4) is 5.69 Å². The Labute approximate surface area is 84.0 Å². The summed E-state index contributed by atoms with van der Waals surface area (Å²) >= 11 is 0. The molecular formula is C10H6F2N2O. The minimum Gasteiger partial charge on any atom is -0.298 e. The minimum absolute atomic E-state index is 0.237. The Morgan fingerprint density at radius 1 is 1.20 bits per heavy atom. The second-order valence-corrected chi connectivity index (χ2v) is 2.96. The zero-order chi connectivity index (χ0) is 10.8. The Hall–Kier alpha value is -2.04. The van der Waals surface area contributed by atoms with Crippen molar-refractivity contribution in [1.29, 1.82) is 0 Å². The second-order valence-electron chi connectivity index (χ2n) is 2.96. The van der Waals surface area contributed by atoms with Crippen molar-refractivity contribution in [2.75, 3.05) is 0 Å². The molecule has 0 aliphatic rings. The van der Waals surface area contributed by atoms with E-state index in [1.807, 2.05) is 0 Å². The van der Waals surface area contributed by atoms with Gasteiger partial charge in [0, 0.05) is 12.3 Å². The molecule has 5 heteroatoms. The Kier molecular flexibility index (Phi) is 2.29. The quantitative estimate of drug-likeness (QED) is 0.707. The van der Waals surface area contributed by atoms with Crippen molar-refractivity contribution in [2.45, 2.75) is 0 Å². The van der Waals surface area contributed by atoms with Gasteiger partial charge >= 0.3 is 0 Å².